The highest BCUT2D eigenvalue weighted by atomic mass is 79.9. The molecule has 1 amide bonds. The zero-order valence-electron chi connectivity index (χ0n) is 11.8. The van der Waals surface area contributed by atoms with Crippen LogP contribution in [0.15, 0.2) is 60.9 Å². The summed E-state index contributed by atoms with van der Waals surface area (Å²) in [6.45, 7) is 2.04. The van der Waals surface area contributed by atoms with Gasteiger partial charge in [-0.05, 0) is 12.5 Å². The molecule has 1 aromatic heterocycles. The first-order valence-electron chi connectivity index (χ1n) is 6.63. The van der Waals surface area contributed by atoms with E-state index in [1.165, 1.54) is 0 Å². The molecule has 0 aliphatic carbocycles. The van der Waals surface area contributed by atoms with E-state index < -0.39 is 6.10 Å². The van der Waals surface area contributed by atoms with E-state index in [1.807, 2.05) is 60.9 Å². The van der Waals surface area contributed by atoms with Crippen LogP contribution >= 0.6 is 0 Å². The minimum absolute atomic E-state index is 0. The van der Waals surface area contributed by atoms with E-state index in [1.54, 1.807) is 11.5 Å². The Morgan fingerprint density at radius 3 is 2.33 bits per heavy atom. The maximum Gasteiger partial charge on any atom is 0.286 e. The van der Waals surface area contributed by atoms with Crippen molar-refractivity contribution in [2.24, 2.45) is 0 Å². The molecule has 0 fully saturated rings. The predicted molar refractivity (Wildman–Crippen MR) is 75.6 cm³/mol. The summed E-state index contributed by atoms with van der Waals surface area (Å²) in [4.78, 5) is 11.9. The molecular formula is C16H19BrN2O2. The van der Waals surface area contributed by atoms with E-state index in [0.29, 0.717) is 0 Å². The Morgan fingerprint density at radius 2 is 1.71 bits per heavy atom. The molecule has 21 heavy (non-hydrogen) atoms. The summed E-state index contributed by atoms with van der Waals surface area (Å²) in [5, 5.41) is 13.0. The number of hydrogen-bond donors (Lipinski definition) is 2. The molecule has 0 unspecified atom stereocenters. The zero-order chi connectivity index (χ0) is 14.4. The average Bonchev–Trinajstić information content (AvgIpc) is 2.48. The number of benzene rings is 1. The molecule has 2 N–H and O–H groups in total. The lowest BCUT2D eigenvalue weighted by Crippen LogP contribution is -3.00. The number of carbonyl (C=O) groups is 1. The van der Waals surface area contributed by atoms with Crippen LogP contribution in [0.5, 0.6) is 0 Å². The summed E-state index contributed by atoms with van der Waals surface area (Å²) in [5.41, 5.74) is 0.799. The fourth-order valence-electron chi connectivity index (χ4n) is 2.02. The number of amides is 1. The van der Waals surface area contributed by atoms with E-state index in [-0.39, 0.29) is 35.5 Å². The normalized spacial score (nSPS) is 12.9. The molecule has 112 valence electrons. The Morgan fingerprint density at radius 1 is 1.14 bits per heavy atom. The molecule has 0 aliphatic heterocycles. The number of hydrogen-bond acceptors (Lipinski definition) is 2. The highest BCUT2D eigenvalue weighted by Crippen LogP contribution is 2.15. The molecule has 0 saturated heterocycles. The molecule has 2 atom stereocenters. The predicted octanol–water partition coefficient (Wildman–Crippen LogP) is -1.78. The number of aliphatic hydroxyl groups is 1. The Balaban J connectivity index is 0.00000220. The second kappa shape index (κ2) is 8.54. The lowest BCUT2D eigenvalue weighted by atomic mass is 10.0. The smallest absolute Gasteiger partial charge is 0.286 e. The number of aliphatic hydroxyl groups excluding tert-OH is 1. The van der Waals surface area contributed by atoms with Crippen LogP contribution in [0.3, 0.4) is 0 Å². The molecule has 0 radical (unpaired) electrons. The molecule has 2 aromatic rings. The summed E-state index contributed by atoms with van der Waals surface area (Å²) >= 11 is 0. The standard InChI is InChI=1S/C16H18N2O2.BrH/c1-13(16(20)14-8-4-2-5-9-14)17-15(19)12-18-10-6-3-7-11-18;/h2-11,13,16,20H,12H2,1H3;1H/t13-,16-;/m1./s1. The lowest BCUT2D eigenvalue weighted by Gasteiger charge is -2.19. The fourth-order valence-corrected chi connectivity index (χ4v) is 2.02. The molecule has 0 bridgehead atoms. The van der Waals surface area contributed by atoms with Gasteiger partial charge in [0.25, 0.3) is 5.91 Å². The van der Waals surface area contributed by atoms with Crippen molar-refractivity contribution >= 4 is 5.91 Å². The Bertz CT molecular complexity index is 549. The van der Waals surface area contributed by atoms with Crippen molar-refractivity contribution in [2.75, 3.05) is 0 Å². The Hall–Kier alpha value is -1.72. The van der Waals surface area contributed by atoms with Gasteiger partial charge in [0.15, 0.2) is 12.4 Å². The Kier molecular flexibility index (Phi) is 7.05. The van der Waals surface area contributed by atoms with Crippen molar-refractivity contribution < 1.29 is 31.4 Å². The molecular weight excluding hydrogens is 332 g/mol. The van der Waals surface area contributed by atoms with Crippen LogP contribution in [0.4, 0.5) is 0 Å². The maximum absolute atomic E-state index is 11.9. The number of rotatable bonds is 5. The van der Waals surface area contributed by atoms with Gasteiger partial charge < -0.3 is 27.4 Å². The van der Waals surface area contributed by atoms with Gasteiger partial charge in [-0.3, -0.25) is 4.79 Å². The minimum Gasteiger partial charge on any atom is -1.00 e. The molecule has 2 rings (SSSR count). The topological polar surface area (TPSA) is 53.2 Å². The number of nitrogens with zero attached hydrogens (tertiary/aromatic N) is 1. The highest BCUT2D eigenvalue weighted by Gasteiger charge is 2.19. The van der Waals surface area contributed by atoms with Crippen molar-refractivity contribution in [1.82, 2.24) is 5.32 Å². The molecule has 0 saturated carbocycles. The van der Waals surface area contributed by atoms with Crippen LogP contribution in [0, 0.1) is 0 Å². The highest BCUT2D eigenvalue weighted by molar-refractivity contribution is 5.74. The number of carbonyl (C=O) groups excluding carboxylic acids is 1. The van der Waals surface area contributed by atoms with Gasteiger partial charge in [-0.1, -0.05) is 36.4 Å². The largest absolute Gasteiger partial charge is 1.00 e. The van der Waals surface area contributed by atoms with Crippen LogP contribution in [-0.2, 0) is 11.3 Å². The minimum atomic E-state index is -0.707. The summed E-state index contributed by atoms with van der Waals surface area (Å²) in [5.74, 6) is -0.122. The Labute approximate surface area is 135 Å². The van der Waals surface area contributed by atoms with Gasteiger partial charge in [-0.15, -0.1) is 0 Å². The van der Waals surface area contributed by atoms with E-state index in [2.05, 4.69) is 5.32 Å². The van der Waals surface area contributed by atoms with Crippen LogP contribution in [0.1, 0.15) is 18.6 Å². The van der Waals surface area contributed by atoms with E-state index in [4.69, 9.17) is 0 Å². The molecule has 1 aromatic carbocycles. The van der Waals surface area contributed by atoms with E-state index >= 15 is 0 Å². The summed E-state index contributed by atoms with van der Waals surface area (Å²) < 4.78 is 1.79. The first kappa shape index (κ1) is 17.3. The van der Waals surface area contributed by atoms with Gasteiger partial charge in [-0.25, -0.2) is 0 Å². The van der Waals surface area contributed by atoms with Crippen LogP contribution in [0.2, 0.25) is 0 Å². The van der Waals surface area contributed by atoms with Crippen molar-refractivity contribution in [1.29, 1.82) is 0 Å². The molecule has 0 aliphatic rings. The third-order valence-electron chi connectivity index (χ3n) is 3.11. The van der Waals surface area contributed by atoms with Crippen molar-refractivity contribution in [3.05, 3.63) is 66.5 Å². The fraction of sp³-hybridized carbons (Fsp3) is 0.250. The maximum atomic E-state index is 11.9. The summed E-state index contributed by atoms with van der Waals surface area (Å²) in [6.07, 6.45) is 2.95. The molecule has 5 heteroatoms. The third kappa shape index (κ3) is 5.28. The van der Waals surface area contributed by atoms with Crippen molar-refractivity contribution in [3.8, 4) is 0 Å². The SMILES string of the molecule is C[C@@H](NC(=O)C[n+]1ccccc1)[C@@H](O)c1ccccc1.[Br-]. The molecule has 0 spiro atoms. The first-order chi connectivity index (χ1) is 9.66. The van der Waals surface area contributed by atoms with Crippen LogP contribution in [0.25, 0.3) is 0 Å². The van der Waals surface area contributed by atoms with Crippen molar-refractivity contribution in [3.63, 3.8) is 0 Å². The lowest BCUT2D eigenvalue weighted by molar-refractivity contribution is -0.684. The van der Waals surface area contributed by atoms with Gasteiger partial charge >= 0.3 is 0 Å². The number of aromatic nitrogens is 1. The quantitative estimate of drug-likeness (QED) is 0.626. The second-order valence-electron chi connectivity index (χ2n) is 4.76. The number of halogens is 1. The van der Waals surface area contributed by atoms with Gasteiger partial charge in [0, 0.05) is 12.1 Å². The zero-order valence-corrected chi connectivity index (χ0v) is 13.4. The molecule has 1 heterocycles. The van der Waals surface area contributed by atoms with E-state index in [9.17, 15) is 9.90 Å². The van der Waals surface area contributed by atoms with Crippen molar-refractivity contribution in [2.45, 2.75) is 25.6 Å². The van der Waals surface area contributed by atoms with Gasteiger partial charge in [0.1, 0.15) is 0 Å². The summed E-state index contributed by atoms with van der Waals surface area (Å²) in [6, 6.07) is 14.6. The van der Waals surface area contributed by atoms with Gasteiger partial charge in [0.05, 0.1) is 12.1 Å². The number of pyridine rings is 1. The van der Waals surface area contributed by atoms with Gasteiger partial charge in [-0.2, -0.15) is 4.57 Å². The van der Waals surface area contributed by atoms with Crippen LogP contribution in [-0.4, -0.2) is 17.1 Å². The van der Waals surface area contributed by atoms with Gasteiger partial charge in [0.2, 0.25) is 6.54 Å². The summed E-state index contributed by atoms with van der Waals surface area (Å²) in [7, 11) is 0. The first-order valence-corrected chi connectivity index (χ1v) is 6.63. The number of nitrogens with one attached hydrogen (secondary N) is 1. The van der Waals surface area contributed by atoms with E-state index in [0.717, 1.165) is 5.56 Å². The molecule has 4 nitrogen and oxygen atoms in total. The third-order valence-corrected chi connectivity index (χ3v) is 3.11. The van der Waals surface area contributed by atoms with Crippen LogP contribution < -0.4 is 26.9 Å². The monoisotopic (exact) mass is 350 g/mol. The average molecular weight is 351 g/mol. The second-order valence-corrected chi connectivity index (χ2v) is 4.76.